The van der Waals surface area contributed by atoms with E-state index in [-0.39, 0.29) is 24.0 Å². The normalized spacial score (nSPS) is 20.0. The van der Waals surface area contributed by atoms with Gasteiger partial charge in [0.05, 0.1) is 6.61 Å². The van der Waals surface area contributed by atoms with Gasteiger partial charge in [-0.05, 0) is 13.3 Å². The van der Waals surface area contributed by atoms with E-state index in [0.717, 1.165) is 6.42 Å². The lowest BCUT2D eigenvalue weighted by molar-refractivity contribution is -0.124. The molecule has 1 saturated heterocycles. The molecule has 1 aliphatic rings. The van der Waals surface area contributed by atoms with Gasteiger partial charge in [-0.15, -0.1) is 0 Å². The number of amides is 2. The minimum atomic E-state index is -0.288. The van der Waals surface area contributed by atoms with Crippen molar-refractivity contribution in [1.82, 2.24) is 10.2 Å². The van der Waals surface area contributed by atoms with Gasteiger partial charge in [-0.3, -0.25) is 4.79 Å². The first-order valence-corrected chi connectivity index (χ1v) is 5.76. The Morgan fingerprint density at radius 3 is 2.75 bits per heavy atom. The maximum absolute atomic E-state index is 11.5. The molecule has 1 N–H and O–H groups in total. The summed E-state index contributed by atoms with van der Waals surface area (Å²) in [4.78, 5) is 24.5. The van der Waals surface area contributed by atoms with Crippen molar-refractivity contribution in [3.05, 3.63) is 0 Å². The fourth-order valence-corrected chi connectivity index (χ4v) is 1.63. The van der Waals surface area contributed by atoms with Crippen LogP contribution in [0.25, 0.3) is 0 Å². The van der Waals surface area contributed by atoms with Gasteiger partial charge in [-0.2, -0.15) is 0 Å². The highest BCUT2D eigenvalue weighted by Gasteiger charge is 2.28. The second-order valence-corrected chi connectivity index (χ2v) is 4.29. The molecule has 0 bridgehead atoms. The number of likely N-dealkylation sites (tertiary alicyclic amines) is 1. The maximum atomic E-state index is 11.5. The van der Waals surface area contributed by atoms with Crippen LogP contribution in [-0.2, 0) is 9.53 Å². The van der Waals surface area contributed by atoms with Crippen molar-refractivity contribution in [2.75, 3.05) is 19.7 Å². The molecule has 1 fully saturated rings. The second-order valence-electron chi connectivity index (χ2n) is 4.29. The summed E-state index contributed by atoms with van der Waals surface area (Å²) in [7, 11) is 0. The van der Waals surface area contributed by atoms with Crippen LogP contribution >= 0.6 is 0 Å². The molecule has 0 aliphatic carbocycles. The van der Waals surface area contributed by atoms with Gasteiger partial charge < -0.3 is 15.0 Å². The van der Waals surface area contributed by atoms with Crippen LogP contribution in [0.5, 0.6) is 0 Å². The highest BCUT2D eigenvalue weighted by Crippen LogP contribution is 2.11. The Bertz CT molecular complexity index is 266. The molecule has 0 aromatic heterocycles. The van der Waals surface area contributed by atoms with E-state index in [1.54, 1.807) is 11.8 Å². The van der Waals surface area contributed by atoms with Gasteiger partial charge >= 0.3 is 6.09 Å². The Hall–Kier alpha value is -1.26. The molecule has 2 amide bonds. The molecule has 1 aliphatic heterocycles. The topological polar surface area (TPSA) is 58.6 Å². The zero-order chi connectivity index (χ0) is 12.1. The summed E-state index contributed by atoms with van der Waals surface area (Å²) in [6.07, 6.45) is 0.515. The van der Waals surface area contributed by atoms with Crippen molar-refractivity contribution in [2.45, 2.75) is 33.2 Å². The summed E-state index contributed by atoms with van der Waals surface area (Å²) < 4.78 is 4.90. The molecule has 92 valence electrons. The van der Waals surface area contributed by atoms with Crippen molar-refractivity contribution >= 4 is 12.0 Å². The summed E-state index contributed by atoms with van der Waals surface area (Å²) in [5.74, 6) is 0.0207. The summed E-state index contributed by atoms with van der Waals surface area (Å²) in [6.45, 7) is 7.09. The lowest BCUT2D eigenvalue weighted by Gasteiger charge is -2.17. The Morgan fingerprint density at radius 1 is 1.50 bits per heavy atom. The quantitative estimate of drug-likeness (QED) is 0.783. The molecule has 1 unspecified atom stereocenters. The second kappa shape index (κ2) is 5.72. The number of hydrogen-bond donors (Lipinski definition) is 1. The SMILES string of the molecule is CCOC(=O)N1CCC(NC(=O)C(C)C)C1. The molecular weight excluding hydrogens is 208 g/mol. The van der Waals surface area contributed by atoms with E-state index in [1.807, 2.05) is 13.8 Å². The van der Waals surface area contributed by atoms with E-state index in [2.05, 4.69) is 5.32 Å². The Balaban J connectivity index is 2.35. The lowest BCUT2D eigenvalue weighted by Crippen LogP contribution is -2.40. The molecule has 5 heteroatoms. The first-order chi connectivity index (χ1) is 7.54. The van der Waals surface area contributed by atoms with Crippen molar-refractivity contribution < 1.29 is 14.3 Å². The molecule has 0 radical (unpaired) electrons. The highest BCUT2D eigenvalue weighted by atomic mass is 16.6. The first kappa shape index (κ1) is 12.8. The van der Waals surface area contributed by atoms with Crippen LogP contribution in [0.1, 0.15) is 27.2 Å². The zero-order valence-electron chi connectivity index (χ0n) is 10.2. The highest BCUT2D eigenvalue weighted by molar-refractivity contribution is 5.78. The number of rotatable bonds is 3. The number of nitrogens with one attached hydrogen (secondary N) is 1. The first-order valence-electron chi connectivity index (χ1n) is 5.76. The van der Waals surface area contributed by atoms with Crippen LogP contribution in [-0.4, -0.2) is 42.6 Å². The summed E-state index contributed by atoms with van der Waals surface area (Å²) in [6, 6.07) is 0.0688. The van der Waals surface area contributed by atoms with Crippen LogP contribution < -0.4 is 5.32 Å². The molecular formula is C11H20N2O3. The number of carbonyl (C=O) groups excluding carboxylic acids is 2. The van der Waals surface area contributed by atoms with Gasteiger partial charge in [-0.25, -0.2) is 4.79 Å². The molecule has 0 spiro atoms. The number of nitrogens with zero attached hydrogens (tertiary/aromatic N) is 1. The number of carbonyl (C=O) groups is 2. The summed E-state index contributed by atoms with van der Waals surface area (Å²) >= 11 is 0. The van der Waals surface area contributed by atoms with Crippen LogP contribution in [0.3, 0.4) is 0 Å². The van der Waals surface area contributed by atoms with Crippen molar-refractivity contribution in [1.29, 1.82) is 0 Å². The minimum absolute atomic E-state index is 0.0170. The number of hydrogen-bond acceptors (Lipinski definition) is 3. The number of ether oxygens (including phenoxy) is 1. The predicted octanol–water partition coefficient (Wildman–Crippen LogP) is 0.989. The van der Waals surface area contributed by atoms with Gasteiger partial charge in [0.1, 0.15) is 0 Å². The van der Waals surface area contributed by atoms with E-state index < -0.39 is 0 Å². The Kier molecular flexibility index (Phi) is 4.58. The van der Waals surface area contributed by atoms with Gasteiger partial charge in [-0.1, -0.05) is 13.8 Å². The fraction of sp³-hybridized carbons (Fsp3) is 0.818. The molecule has 16 heavy (non-hydrogen) atoms. The largest absolute Gasteiger partial charge is 0.450 e. The summed E-state index contributed by atoms with van der Waals surface area (Å²) in [5.41, 5.74) is 0. The van der Waals surface area contributed by atoms with Gasteiger partial charge in [0, 0.05) is 25.0 Å². The molecule has 0 aromatic rings. The minimum Gasteiger partial charge on any atom is -0.450 e. The third-order valence-electron chi connectivity index (χ3n) is 2.59. The average molecular weight is 228 g/mol. The molecule has 0 saturated carbocycles. The third kappa shape index (κ3) is 3.40. The standard InChI is InChI=1S/C11H20N2O3/c1-4-16-11(15)13-6-5-9(7-13)12-10(14)8(2)3/h8-9H,4-7H2,1-3H3,(H,12,14). The third-order valence-corrected chi connectivity index (χ3v) is 2.59. The van der Waals surface area contributed by atoms with E-state index in [0.29, 0.717) is 19.7 Å². The van der Waals surface area contributed by atoms with Gasteiger partial charge in [0.15, 0.2) is 0 Å². The molecule has 5 nitrogen and oxygen atoms in total. The molecule has 1 rings (SSSR count). The van der Waals surface area contributed by atoms with E-state index in [4.69, 9.17) is 4.74 Å². The van der Waals surface area contributed by atoms with Crippen LogP contribution in [0.2, 0.25) is 0 Å². The van der Waals surface area contributed by atoms with Crippen LogP contribution in [0, 0.1) is 5.92 Å². The fourth-order valence-electron chi connectivity index (χ4n) is 1.63. The van der Waals surface area contributed by atoms with Gasteiger partial charge in [0.25, 0.3) is 0 Å². The van der Waals surface area contributed by atoms with Crippen molar-refractivity contribution in [2.24, 2.45) is 5.92 Å². The van der Waals surface area contributed by atoms with E-state index in [1.165, 1.54) is 0 Å². The van der Waals surface area contributed by atoms with E-state index in [9.17, 15) is 9.59 Å². The van der Waals surface area contributed by atoms with Crippen molar-refractivity contribution in [3.63, 3.8) is 0 Å². The average Bonchev–Trinajstić information content (AvgIpc) is 2.66. The Morgan fingerprint density at radius 2 is 2.19 bits per heavy atom. The van der Waals surface area contributed by atoms with E-state index >= 15 is 0 Å². The van der Waals surface area contributed by atoms with Crippen LogP contribution in [0.15, 0.2) is 0 Å². The smallest absolute Gasteiger partial charge is 0.409 e. The Labute approximate surface area is 96.1 Å². The lowest BCUT2D eigenvalue weighted by atomic mass is 10.2. The monoisotopic (exact) mass is 228 g/mol. The van der Waals surface area contributed by atoms with Crippen LogP contribution in [0.4, 0.5) is 4.79 Å². The molecule has 1 heterocycles. The predicted molar refractivity (Wildman–Crippen MR) is 60.0 cm³/mol. The van der Waals surface area contributed by atoms with Gasteiger partial charge in [0.2, 0.25) is 5.91 Å². The summed E-state index contributed by atoms with van der Waals surface area (Å²) in [5, 5.41) is 2.92. The maximum Gasteiger partial charge on any atom is 0.409 e. The molecule has 1 atom stereocenters. The zero-order valence-corrected chi connectivity index (χ0v) is 10.2. The van der Waals surface area contributed by atoms with Crippen molar-refractivity contribution in [3.8, 4) is 0 Å². The molecule has 0 aromatic carbocycles.